The number of carbonyl (C=O) groups is 1. The number of halogens is 3. The van der Waals surface area contributed by atoms with Gasteiger partial charge in [0.2, 0.25) is 5.91 Å². The zero-order valence-electron chi connectivity index (χ0n) is 25.8. The van der Waals surface area contributed by atoms with Gasteiger partial charge in [0.05, 0.1) is 24.9 Å². The zero-order valence-corrected chi connectivity index (χ0v) is 26.7. The monoisotopic (exact) mass is 653 g/mol. The fourth-order valence-electron chi connectivity index (χ4n) is 4.86. The maximum Gasteiger partial charge on any atom is 0.416 e. The Balaban J connectivity index is 1.47. The summed E-state index contributed by atoms with van der Waals surface area (Å²) in [6.45, 7) is 0.346. The molecular weight excluding hydrogens is 614 g/mol. The Labute approximate surface area is 268 Å². The van der Waals surface area contributed by atoms with Crippen molar-refractivity contribution in [3.05, 3.63) is 143 Å². The van der Waals surface area contributed by atoms with Crippen molar-refractivity contribution in [2.24, 2.45) is 5.92 Å². The third-order valence-electron chi connectivity index (χ3n) is 7.46. The van der Waals surface area contributed by atoms with E-state index in [9.17, 15) is 22.5 Å². The highest BCUT2D eigenvalue weighted by molar-refractivity contribution is 7.53. The van der Waals surface area contributed by atoms with Gasteiger partial charge in [0.25, 0.3) is 0 Å². The van der Waals surface area contributed by atoms with Crippen LogP contribution in [0.4, 0.5) is 13.2 Å². The second kappa shape index (κ2) is 17.2. The molecule has 0 aliphatic heterocycles. The molecule has 0 bridgehead atoms. The first-order valence-corrected chi connectivity index (χ1v) is 16.9. The van der Waals surface area contributed by atoms with E-state index < -0.39 is 25.3 Å². The number of nitrogens with zero attached hydrogens (tertiary/aromatic N) is 1. The van der Waals surface area contributed by atoms with Crippen LogP contribution in [0.2, 0.25) is 0 Å². The van der Waals surface area contributed by atoms with E-state index in [2.05, 4.69) is 0 Å². The minimum absolute atomic E-state index is 0.0159. The summed E-state index contributed by atoms with van der Waals surface area (Å²) in [5, 5.41) is 1.19. The van der Waals surface area contributed by atoms with Gasteiger partial charge in [-0.25, -0.2) is 5.06 Å². The molecule has 1 atom stereocenters. The summed E-state index contributed by atoms with van der Waals surface area (Å²) in [6.07, 6.45) is -2.89. The van der Waals surface area contributed by atoms with Crippen LogP contribution < -0.4 is 0 Å². The van der Waals surface area contributed by atoms with Crippen molar-refractivity contribution in [1.82, 2.24) is 5.06 Å². The first-order chi connectivity index (χ1) is 22.1. The van der Waals surface area contributed by atoms with Crippen LogP contribution in [0.1, 0.15) is 47.1 Å². The summed E-state index contributed by atoms with van der Waals surface area (Å²) in [5.41, 5.74) is 2.60. The Kier molecular flexibility index (Phi) is 13.2. The molecule has 0 N–H and O–H groups in total. The average molecular weight is 654 g/mol. The molecule has 0 saturated carbocycles. The number of rotatable bonds is 17. The molecule has 1 unspecified atom stereocenters. The highest BCUT2D eigenvalue weighted by atomic mass is 31.2. The van der Waals surface area contributed by atoms with E-state index in [0.717, 1.165) is 34.4 Å². The fourth-order valence-corrected chi connectivity index (χ4v) is 6.78. The Bertz CT molecular complexity index is 1470. The molecule has 4 aromatic carbocycles. The van der Waals surface area contributed by atoms with Crippen LogP contribution in [0.15, 0.2) is 115 Å². The highest BCUT2D eigenvalue weighted by Gasteiger charge is 2.32. The van der Waals surface area contributed by atoms with Gasteiger partial charge in [-0.2, -0.15) is 13.2 Å². The van der Waals surface area contributed by atoms with Gasteiger partial charge in [-0.1, -0.05) is 103 Å². The van der Waals surface area contributed by atoms with Crippen LogP contribution in [0.25, 0.3) is 0 Å². The average Bonchev–Trinajstić information content (AvgIpc) is 3.06. The molecule has 0 heterocycles. The number of alkyl halides is 3. The lowest BCUT2D eigenvalue weighted by Gasteiger charge is -2.25. The highest BCUT2D eigenvalue weighted by Crippen LogP contribution is 2.52. The van der Waals surface area contributed by atoms with Crippen LogP contribution in [0, 0.1) is 5.92 Å². The number of hydroxylamine groups is 2. The van der Waals surface area contributed by atoms with Crippen molar-refractivity contribution in [1.29, 1.82) is 0 Å². The van der Waals surface area contributed by atoms with Crippen LogP contribution in [-0.4, -0.2) is 24.2 Å². The van der Waals surface area contributed by atoms with Gasteiger partial charge in [-0.15, -0.1) is 0 Å². The van der Waals surface area contributed by atoms with E-state index in [4.69, 9.17) is 13.9 Å². The molecule has 0 aliphatic carbocycles. The van der Waals surface area contributed by atoms with Gasteiger partial charge in [-0.05, 0) is 59.6 Å². The number of amides is 1. The van der Waals surface area contributed by atoms with E-state index >= 15 is 0 Å². The van der Waals surface area contributed by atoms with E-state index in [0.29, 0.717) is 19.3 Å². The van der Waals surface area contributed by atoms with Gasteiger partial charge in [-0.3, -0.25) is 14.2 Å². The molecule has 0 aromatic heterocycles. The van der Waals surface area contributed by atoms with Crippen LogP contribution in [-0.2, 0) is 55.7 Å². The molecule has 0 fully saturated rings. The second-order valence-electron chi connectivity index (χ2n) is 11.1. The topological polar surface area (TPSA) is 65.1 Å². The van der Waals surface area contributed by atoms with Crippen molar-refractivity contribution in [3.8, 4) is 0 Å². The fraction of sp³-hybridized carbons (Fsp3) is 0.306. The van der Waals surface area contributed by atoms with E-state index in [1.54, 1.807) is 7.05 Å². The minimum Gasteiger partial charge on any atom is -0.304 e. The summed E-state index contributed by atoms with van der Waals surface area (Å²) < 4.78 is 65.3. The third kappa shape index (κ3) is 11.9. The number of benzene rings is 4. The Morgan fingerprint density at radius 2 is 1.20 bits per heavy atom. The predicted molar refractivity (Wildman–Crippen MR) is 171 cm³/mol. The van der Waals surface area contributed by atoms with Crippen molar-refractivity contribution in [2.45, 2.75) is 51.7 Å². The van der Waals surface area contributed by atoms with Crippen molar-refractivity contribution in [3.63, 3.8) is 0 Å². The molecule has 4 rings (SSSR count). The minimum atomic E-state index is -4.40. The Hall–Kier alpha value is -3.75. The standard InChI is InChI=1S/C36H39F3NO5P/c1-40(43-25-30-12-5-2-6-13-30)35(41)24-33(19-11-18-29-20-22-34(23-21-29)36(37,38)39)28-46(42,44-26-31-14-7-3-8-15-31)45-27-32-16-9-4-10-17-32/h2-10,12-17,20-23,33H,11,18-19,24-28H2,1H3. The largest absolute Gasteiger partial charge is 0.416 e. The summed E-state index contributed by atoms with van der Waals surface area (Å²) >= 11 is 0. The normalized spacial score (nSPS) is 12.5. The summed E-state index contributed by atoms with van der Waals surface area (Å²) in [6, 6.07) is 33.2. The molecule has 0 radical (unpaired) electrons. The van der Waals surface area contributed by atoms with Crippen molar-refractivity contribution < 1.29 is 36.4 Å². The van der Waals surface area contributed by atoms with E-state index in [1.165, 1.54) is 17.2 Å². The number of hydrogen-bond acceptors (Lipinski definition) is 5. The van der Waals surface area contributed by atoms with Gasteiger partial charge < -0.3 is 9.05 Å². The molecule has 244 valence electrons. The van der Waals surface area contributed by atoms with Crippen LogP contribution in [0.3, 0.4) is 0 Å². The number of hydrogen-bond donors (Lipinski definition) is 0. The lowest BCUT2D eigenvalue weighted by molar-refractivity contribution is -0.183. The Morgan fingerprint density at radius 3 is 1.67 bits per heavy atom. The lowest BCUT2D eigenvalue weighted by atomic mass is 9.97. The van der Waals surface area contributed by atoms with Crippen LogP contribution >= 0.6 is 7.60 Å². The SMILES string of the molecule is CN(OCc1ccccc1)C(=O)CC(CCCc1ccc(C(F)(F)F)cc1)CP(=O)(OCc1ccccc1)OCc1ccccc1. The smallest absolute Gasteiger partial charge is 0.304 e. The van der Waals surface area contributed by atoms with Gasteiger partial charge >= 0.3 is 13.8 Å². The molecule has 6 nitrogen and oxygen atoms in total. The number of aryl methyl sites for hydroxylation is 1. The van der Waals surface area contributed by atoms with Crippen molar-refractivity contribution in [2.75, 3.05) is 13.2 Å². The zero-order chi connectivity index (χ0) is 32.8. The molecule has 0 aliphatic rings. The van der Waals surface area contributed by atoms with Gasteiger partial charge in [0.15, 0.2) is 0 Å². The molecule has 0 saturated heterocycles. The maximum atomic E-state index is 14.3. The molecule has 0 spiro atoms. The van der Waals surface area contributed by atoms with E-state index in [1.807, 2.05) is 91.0 Å². The summed E-state index contributed by atoms with van der Waals surface area (Å²) in [7, 11) is -2.19. The molecule has 4 aromatic rings. The first kappa shape index (κ1) is 35.1. The van der Waals surface area contributed by atoms with Gasteiger partial charge in [0, 0.05) is 13.5 Å². The lowest BCUT2D eigenvalue weighted by Crippen LogP contribution is -2.29. The molecule has 46 heavy (non-hydrogen) atoms. The van der Waals surface area contributed by atoms with Crippen LogP contribution in [0.5, 0.6) is 0 Å². The molecule has 1 amide bonds. The van der Waals surface area contributed by atoms with E-state index in [-0.39, 0.29) is 38.3 Å². The molecular formula is C36H39F3NO5P. The third-order valence-corrected chi connectivity index (χ3v) is 9.47. The second-order valence-corrected chi connectivity index (χ2v) is 13.2. The first-order valence-electron chi connectivity index (χ1n) is 15.2. The summed E-state index contributed by atoms with van der Waals surface area (Å²) in [4.78, 5) is 19.0. The summed E-state index contributed by atoms with van der Waals surface area (Å²) in [5.74, 6) is -0.713. The maximum absolute atomic E-state index is 14.3. The van der Waals surface area contributed by atoms with Gasteiger partial charge in [0.1, 0.15) is 6.61 Å². The number of carbonyl (C=O) groups excluding carboxylic acids is 1. The predicted octanol–water partition coefficient (Wildman–Crippen LogP) is 9.25. The Morgan fingerprint density at radius 1 is 0.717 bits per heavy atom. The quantitative estimate of drug-likeness (QED) is 0.0840. The molecule has 10 heteroatoms. The van der Waals surface area contributed by atoms with Crippen molar-refractivity contribution >= 4 is 13.5 Å².